The Hall–Kier alpha value is -2.24. The molecule has 5 heteroatoms. The summed E-state index contributed by atoms with van der Waals surface area (Å²) in [5, 5.41) is 0. The normalized spacial score (nSPS) is 22.7. The van der Waals surface area contributed by atoms with E-state index >= 15 is 0 Å². The first-order chi connectivity index (χ1) is 12.8. The fourth-order valence-electron chi connectivity index (χ4n) is 4.13. The van der Waals surface area contributed by atoms with Crippen LogP contribution in [0.1, 0.15) is 11.1 Å². The van der Waals surface area contributed by atoms with E-state index in [1.807, 2.05) is 12.1 Å². The minimum Gasteiger partial charge on any atom is -0.492 e. The minimum absolute atomic E-state index is 0.337. The van der Waals surface area contributed by atoms with E-state index in [0.717, 1.165) is 63.0 Å². The van der Waals surface area contributed by atoms with Gasteiger partial charge < -0.3 is 14.2 Å². The first kappa shape index (κ1) is 16.0. The Morgan fingerprint density at radius 2 is 1.69 bits per heavy atom. The van der Waals surface area contributed by atoms with Crippen LogP contribution in [0.15, 0.2) is 42.5 Å². The predicted octanol–water partition coefficient (Wildman–Crippen LogP) is 2.54. The molecule has 0 unspecified atom stereocenters. The number of rotatable bonds is 3. The molecule has 3 heterocycles. The van der Waals surface area contributed by atoms with Crippen molar-refractivity contribution in [2.24, 2.45) is 0 Å². The lowest BCUT2D eigenvalue weighted by Gasteiger charge is -2.40. The van der Waals surface area contributed by atoms with E-state index in [0.29, 0.717) is 12.8 Å². The summed E-state index contributed by atoms with van der Waals surface area (Å²) in [5.74, 6) is 2.79. The zero-order chi connectivity index (χ0) is 17.3. The third-order valence-electron chi connectivity index (χ3n) is 5.63. The molecule has 1 fully saturated rings. The Morgan fingerprint density at radius 1 is 0.846 bits per heavy atom. The van der Waals surface area contributed by atoms with E-state index in [9.17, 15) is 0 Å². The van der Waals surface area contributed by atoms with Crippen LogP contribution in [0.2, 0.25) is 0 Å². The molecule has 5 rings (SSSR count). The molecule has 0 aromatic heterocycles. The van der Waals surface area contributed by atoms with Crippen LogP contribution < -0.4 is 14.2 Å². The van der Waals surface area contributed by atoms with Gasteiger partial charge in [-0.3, -0.25) is 9.80 Å². The van der Waals surface area contributed by atoms with Gasteiger partial charge in [0, 0.05) is 38.8 Å². The van der Waals surface area contributed by atoms with E-state index < -0.39 is 0 Å². The summed E-state index contributed by atoms with van der Waals surface area (Å²) in [6.07, 6.45) is 1.10. The third-order valence-corrected chi connectivity index (χ3v) is 5.63. The van der Waals surface area contributed by atoms with Gasteiger partial charge in [0.25, 0.3) is 0 Å². The maximum Gasteiger partial charge on any atom is 0.231 e. The highest BCUT2D eigenvalue weighted by atomic mass is 16.7. The standard InChI is InChI=1S/C21H24N2O3/c1-2-4-19-17(3-1)12-18(14-24-19)23-9-7-22(8-10-23)13-16-5-6-20-21(11-16)26-15-25-20/h1-6,11,18H,7-10,12-15H2/t18-/m0/s1. The second-order valence-corrected chi connectivity index (χ2v) is 7.28. The van der Waals surface area contributed by atoms with Crippen molar-refractivity contribution in [1.29, 1.82) is 0 Å². The summed E-state index contributed by atoms with van der Waals surface area (Å²) in [7, 11) is 0. The number of ether oxygens (including phenoxy) is 3. The van der Waals surface area contributed by atoms with Crippen molar-refractivity contribution in [2.45, 2.75) is 19.0 Å². The summed E-state index contributed by atoms with van der Waals surface area (Å²) in [6.45, 7) is 6.48. The molecular weight excluding hydrogens is 328 g/mol. The molecule has 1 atom stereocenters. The van der Waals surface area contributed by atoms with E-state index in [1.54, 1.807) is 0 Å². The van der Waals surface area contributed by atoms with E-state index in [2.05, 4.69) is 40.1 Å². The van der Waals surface area contributed by atoms with E-state index in [-0.39, 0.29) is 0 Å². The van der Waals surface area contributed by atoms with Gasteiger partial charge in [-0.1, -0.05) is 24.3 Å². The minimum atomic E-state index is 0.337. The van der Waals surface area contributed by atoms with Crippen molar-refractivity contribution >= 4 is 0 Å². The molecule has 0 amide bonds. The summed E-state index contributed by atoms with van der Waals surface area (Å²) < 4.78 is 16.9. The van der Waals surface area contributed by atoms with Gasteiger partial charge in [-0.15, -0.1) is 0 Å². The van der Waals surface area contributed by atoms with Gasteiger partial charge in [-0.25, -0.2) is 0 Å². The molecule has 2 aromatic carbocycles. The quantitative estimate of drug-likeness (QED) is 0.848. The summed E-state index contributed by atoms with van der Waals surface area (Å²) in [6, 6.07) is 15.2. The number of fused-ring (bicyclic) bond motifs is 2. The molecule has 1 saturated heterocycles. The first-order valence-electron chi connectivity index (χ1n) is 9.41. The number of para-hydroxylation sites is 1. The molecule has 0 bridgehead atoms. The zero-order valence-electron chi connectivity index (χ0n) is 14.9. The lowest BCUT2D eigenvalue weighted by Crippen LogP contribution is -2.53. The fourth-order valence-corrected chi connectivity index (χ4v) is 4.13. The molecule has 3 aliphatic heterocycles. The molecular formula is C21H24N2O3. The van der Waals surface area contributed by atoms with Gasteiger partial charge in [-0.2, -0.15) is 0 Å². The molecule has 0 N–H and O–H groups in total. The molecule has 2 aromatic rings. The summed E-state index contributed by atoms with van der Waals surface area (Å²) in [5.41, 5.74) is 2.63. The third kappa shape index (κ3) is 3.13. The lowest BCUT2D eigenvalue weighted by atomic mass is 10.0. The smallest absolute Gasteiger partial charge is 0.231 e. The lowest BCUT2D eigenvalue weighted by molar-refractivity contribution is 0.0607. The van der Waals surface area contributed by atoms with Crippen molar-refractivity contribution in [3.8, 4) is 17.2 Å². The Morgan fingerprint density at radius 3 is 2.62 bits per heavy atom. The molecule has 0 spiro atoms. The Balaban J connectivity index is 1.17. The largest absolute Gasteiger partial charge is 0.492 e. The highest BCUT2D eigenvalue weighted by Gasteiger charge is 2.28. The van der Waals surface area contributed by atoms with Crippen molar-refractivity contribution in [3.05, 3.63) is 53.6 Å². The van der Waals surface area contributed by atoms with E-state index in [4.69, 9.17) is 14.2 Å². The van der Waals surface area contributed by atoms with Crippen LogP contribution in [0, 0.1) is 0 Å². The van der Waals surface area contributed by atoms with Crippen LogP contribution in [0.3, 0.4) is 0 Å². The van der Waals surface area contributed by atoms with Crippen molar-refractivity contribution in [2.75, 3.05) is 39.6 Å². The Bertz CT molecular complexity index is 787. The summed E-state index contributed by atoms with van der Waals surface area (Å²) >= 11 is 0. The van der Waals surface area contributed by atoms with Gasteiger partial charge in [0.1, 0.15) is 12.4 Å². The average molecular weight is 352 g/mol. The average Bonchev–Trinajstić information content (AvgIpc) is 3.16. The van der Waals surface area contributed by atoms with Gasteiger partial charge in [0.05, 0.1) is 0 Å². The van der Waals surface area contributed by atoms with Gasteiger partial charge in [0.15, 0.2) is 11.5 Å². The number of piperazine rings is 1. The number of hydrogen-bond donors (Lipinski definition) is 0. The maximum absolute atomic E-state index is 5.97. The number of hydrogen-bond acceptors (Lipinski definition) is 5. The van der Waals surface area contributed by atoms with Gasteiger partial charge in [-0.05, 0) is 35.7 Å². The zero-order valence-corrected chi connectivity index (χ0v) is 14.9. The molecule has 0 aliphatic carbocycles. The van der Waals surface area contributed by atoms with Gasteiger partial charge in [0.2, 0.25) is 6.79 Å². The van der Waals surface area contributed by atoms with Gasteiger partial charge >= 0.3 is 0 Å². The van der Waals surface area contributed by atoms with Crippen molar-refractivity contribution < 1.29 is 14.2 Å². The first-order valence-corrected chi connectivity index (χ1v) is 9.41. The Labute approximate surface area is 154 Å². The van der Waals surface area contributed by atoms with E-state index in [1.165, 1.54) is 11.1 Å². The fraction of sp³-hybridized carbons (Fsp3) is 0.429. The van der Waals surface area contributed by atoms with Crippen LogP contribution in [0.4, 0.5) is 0 Å². The van der Waals surface area contributed by atoms with Crippen molar-refractivity contribution in [3.63, 3.8) is 0 Å². The molecule has 0 radical (unpaired) electrons. The predicted molar refractivity (Wildman–Crippen MR) is 98.8 cm³/mol. The Kier molecular flexibility index (Phi) is 4.19. The number of nitrogens with zero attached hydrogens (tertiary/aromatic N) is 2. The number of benzene rings is 2. The second kappa shape index (κ2) is 6.82. The van der Waals surface area contributed by atoms with Crippen LogP contribution in [-0.2, 0) is 13.0 Å². The van der Waals surface area contributed by atoms with Crippen LogP contribution >= 0.6 is 0 Å². The highest BCUT2D eigenvalue weighted by Crippen LogP contribution is 2.33. The second-order valence-electron chi connectivity index (χ2n) is 7.28. The molecule has 136 valence electrons. The topological polar surface area (TPSA) is 34.2 Å². The SMILES string of the molecule is c1ccc2c(c1)C[C@H](N1CCN(Cc3ccc4c(c3)OCO4)CC1)CO2. The maximum atomic E-state index is 5.97. The monoisotopic (exact) mass is 352 g/mol. The van der Waals surface area contributed by atoms with Crippen LogP contribution in [0.5, 0.6) is 17.2 Å². The van der Waals surface area contributed by atoms with Crippen LogP contribution in [-0.4, -0.2) is 55.4 Å². The molecule has 5 nitrogen and oxygen atoms in total. The molecule has 26 heavy (non-hydrogen) atoms. The summed E-state index contributed by atoms with van der Waals surface area (Å²) in [4.78, 5) is 5.11. The highest BCUT2D eigenvalue weighted by molar-refractivity contribution is 5.44. The van der Waals surface area contributed by atoms with Crippen LogP contribution in [0.25, 0.3) is 0 Å². The van der Waals surface area contributed by atoms with Crippen molar-refractivity contribution in [1.82, 2.24) is 9.80 Å². The molecule has 0 saturated carbocycles. The molecule has 3 aliphatic rings.